The summed E-state index contributed by atoms with van der Waals surface area (Å²) in [5.74, 6) is 0.731. The standard InChI is InChI=1S/C17H21N5O/c23-17(22-9-7-14-5-1-2-6-16(14)22)15-12-21(20-19-15)11-13-4-3-8-18-10-13/h3-4,8,10,12,14,16H,1-2,5-7,9,11H2/t14-,16-/m1/s1. The number of pyridine rings is 1. The van der Waals surface area contributed by atoms with Gasteiger partial charge in [0.2, 0.25) is 0 Å². The van der Waals surface area contributed by atoms with E-state index in [0.717, 1.165) is 24.9 Å². The summed E-state index contributed by atoms with van der Waals surface area (Å²) in [6, 6.07) is 4.30. The van der Waals surface area contributed by atoms with Crippen LogP contribution in [-0.2, 0) is 6.54 Å². The molecule has 0 unspecified atom stereocenters. The fourth-order valence-corrected chi connectivity index (χ4v) is 3.96. The molecule has 6 nitrogen and oxygen atoms in total. The molecule has 0 radical (unpaired) electrons. The zero-order valence-corrected chi connectivity index (χ0v) is 13.1. The lowest BCUT2D eigenvalue weighted by Crippen LogP contribution is -2.39. The molecule has 4 rings (SSSR count). The SMILES string of the molecule is O=C(c1cn(Cc2cccnc2)nn1)N1CC[C@H]2CCCC[C@H]21. The summed E-state index contributed by atoms with van der Waals surface area (Å²) in [5, 5.41) is 8.20. The third-order valence-electron chi connectivity index (χ3n) is 5.10. The molecule has 2 aliphatic rings. The first-order valence-electron chi connectivity index (χ1n) is 8.41. The van der Waals surface area contributed by atoms with E-state index in [1.807, 2.05) is 17.0 Å². The molecule has 2 atom stereocenters. The van der Waals surface area contributed by atoms with Gasteiger partial charge < -0.3 is 4.90 Å². The maximum atomic E-state index is 12.8. The number of carbonyl (C=O) groups is 1. The molecule has 1 amide bonds. The zero-order valence-electron chi connectivity index (χ0n) is 13.1. The molecule has 1 aliphatic heterocycles. The van der Waals surface area contributed by atoms with Gasteiger partial charge >= 0.3 is 0 Å². The van der Waals surface area contributed by atoms with Crippen LogP contribution >= 0.6 is 0 Å². The van der Waals surface area contributed by atoms with Crippen molar-refractivity contribution in [3.05, 3.63) is 42.0 Å². The Hall–Kier alpha value is -2.24. The van der Waals surface area contributed by atoms with Gasteiger partial charge in [0.1, 0.15) is 0 Å². The number of fused-ring (bicyclic) bond motifs is 1. The average molecular weight is 311 g/mol. The van der Waals surface area contributed by atoms with E-state index in [9.17, 15) is 4.79 Å². The molecule has 1 saturated carbocycles. The summed E-state index contributed by atoms with van der Waals surface area (Å²) in [4.78, 5) is 18.9. The van der Waals surface area contributed by atoms with Gasteiger partial charge in [-0.2, -0.15) is 0 Å². The Balaban J connectivity index is 1.47. The van der Waals surface area contributed by atoms with Crippen LogP contribution in [-0.4, -0.2) is 43.4 Å². The minimum absolute atomic E-state index is 0.0387. The van der Waals surface area contributed by atoms with Crippen LogP contribution in [0.2, 0.25) is 0 Å². The maximum Gasteiger partial charge on any atom is 0.276 e. The Morgan fingerprint density at radius 1 is 1.26 bits per heavy atom. The number of hydrogen-bond donors (Lipinski definition) is 0. The van der Waals surface area contributed by atoms with Gasteiger partial charge in [-0.25, -0.2) is 4.68 Å². The molecule has 0 aromatic carbocycles. The Morgan fingerprint density at radius 3 is 3.04 bits per heavy atom. The van der Waals surface area contributed by atoms with E-state index >= 15 is 0 Å². The molecule has 3 heterocycles. The van der Waals surface area contributed by atoms with Crippen LogP contribution in [0.15, 0.2) is 30.7 Å². The summed E-state index contributed by atoms with van der Waals surface area (Å²) in [6.45, 7) is 1.45. The highest BCUT2D eigenvalue weighted by Crippen LogP contribution is 2.36. The molecular weight excluding hydrogens is 290 g/mol. The topological polar surface area (TPSA) is 63.9 Å². The van der Waals surface area contributed by atoms with Crippen molar-refractivity contribution in [1.82, 2.24) is 24.9 Å². The minimum Gasteiger partial charge on any atom is -0.334 e. The molecule has 1 aliphatic carbocycles. The first kappa shape index (κ1) is 14.4. The Morgan fingerprint density at radius 2 is 2.17 bits per heavy atom. The molecule has 6 heteroatoms. The number of likely N-dealkylation sites (tertiary alicyclic amines) is 1. The molecule has 0 N–H and O–H groups in total. The smallest absolute Gasteiger partial charge is 0.276 e. The Labute approximate surface area is 135 Å². The number of hydrogen-bond acceptors (Lipinski definition) is 4. The van der Waals surface area contributed by atoms with Crippen LogP contribution in [0.4, 0.5) is 0 Å². The number of aromatic nitrogens is 4. The van der Waals surface area contributed by atoms with Gasteiger partial charge in [-0.15, -0.1) is 5.10 Å². The van der Waals surface area contributed by atoms with Crippen molar-refractivity contribution in [2.24, 2.45) is 5.92 Å². The second kappa shape index (κ2) is 6.10. The van der Waals surface area contributed by atoms with Crippen molar-refractivity contribution >= 4 is 5.91 Å². The molecule has 1 saturated heterocycles. The molecule has 2 aromatic heterocycles. The van der Waals surface area contributed by atoms with Crippen LogP contribution in [0.25, 0.3) is 0 Å². The normalized spacial score (nSPS) is 23.7. The van der Waals surface area contributed by atoms with Crippen molar-refractivity contribution in [3.8, 4) is 0 Å². The molecule has 23 heavy (non-hydrogen) atoms. The third kappa shape index (κ3) is 2.85. The fraction of sp³-hybridized carbons (Fsp3) is 0.529. The van der Waals surface area contributed by atoms with Crippen LogP contribution in [0, 0.1) is 5.92 Å². The van der Waals surface area contributed by atoms with Crippen LogP contribution in [0.1, 0.15) is 48.2 Å². The van der Waals surface area contributed by atoms with Crippen molar-refractivity contribution in [3.63, 3.8) is 0 Å². The second-order valence-electron chi connectivity index (χ2n) is 6.56. The highest BCUT2D eigenvalue weighted by molar-refractivity contribution is 5.92. The van der Waals surface area contributed by atoms with Gasteiger partial charge in [0, 0.05) is 25.0 Å². The van der Waals surface area contributed by atoms with E-state index in [4.69, 9.17) is 0 Å². The van der Waals surface area contributed by atoms with Gasteiger partial charge in [-0.05, 0) is 36.8 Å². The minimum atomic E-state index is 0.0387. The monoisotopic (exact) mass is 311 g/mol. The molecule has 2 aromatic rings. The number of amides is 1. The first-order chi connectivity index (χ1) is 11.3. The van der Waals surface area contributed by atoms with Gasteiger partial charge in [0.15, 0.2) is 5.69 Å². The molecule has 0 bridgehead atoms. The van der Waals surface area contributed by atoms with Gasteiger partial charge in [0.25, 0.3) is 5.91 Å². The summed E-state index contributed by atoms with van der Waals surface area (Å²) >= 11 is 0. The summed E-state index contributed by atoms with van der Waals surface area (Å²) in [6.07, 6.45) is 11.4. The average Bonchev–Trinajstić information content (AvgIpc) is 3.22. The predicted molar refractivity (Wildman–Crippen MR) is 84.8 cm³/mol. The Bertz CT molecular complexity index is 683. The highest BCUT2D eigenvalue weighted by atomic mass is 16.2. The summed E-state index contributed by atoms with van der Waals surface area (Å²) in [7, 11) is 0. The molecular formula is C17H21N5O. The summed E-state index contributed by atoms with van der Waals surface area (Å²) in [5.41, 5.74) is 1.50. The molecule has 2 fully saturated rings. The van der Waals surface area contributed by atoms with Crippen molar-refractivity contribution in [1.29, 1.82) is 0 Å². The van der Waals surface area contributed by atoms with Crippen molar-refractivity contribution in [2.75, 3.05) is 6.54 Å². The predicted octanol–water partition coefficient (Wildman–Crippen LogP) is 2.13. The Kier molecular flexibility index (Phi) is 3.81. The lowest BCUT2D eigenvalue weighted by molar-refractivity contribution is 0.0684. The van der Waals surface area contributed by atoms with Crippen LogP contribution in [0.5, 0.6) is 0 Å². The van der Waals surface area contributed by atoms with E-state index in [1.165, 1.54) is 19.3 Å². The highest BCUT2D eigenvalue weighted by Gasteiger charge is 2.39. The van der Waals surface area contributed by atoms with E-state index in [-0.39, 0.29) is 5.91 Å². The van der Waals surface area contributed by atoms with E-state index in [2.05, 4.69) is 15.3 Å². The third-order valence-corrected chi connectivity index (χ3v) is 5.10. The number of nitrogens with zero attached hydrogens (tertiary/aromatic N) is 5. The quantitative estimate of drug-likeness (QED) is 0.871. The lowest BCUT2D eigenvalue weighted by Gasteiger charge is -2.31. The molecule has 0 spiro atoms. The molecule has 120 valence electrons. The zero-order chi connectivity index (χ0) is 15.6. The fourth-order valence-electron chi connectivity index (χ4n) is 3.96. The maximum absolute atomic E-state index is 12.8. The van der Waals surface area contributed by atoms with E-state index < -0.39 is 0 Å². The van der Waals surface area contributed by atoms with Crippen molar-refractivity contribution in [2.45, 2.75) is 44.7 Å². The number of carbonyl (C=O) groups excluding carboxylic acids is 1. The van der Waals surface area contributed by atoms with Gasteiger partial charge in [0.05, 0.1) is 12.7 Å². The largest absolute Gasteiger partial charge is 0.334 e. The van der Waals surface area contributed by atoms with E-state index in [1.54, 1.807) is 23.3 Å². The van der Waals surface area contributed by atoms with E-state index in [0.29, 0.717) is 24.2 Å². The summed E-state index contributed by atoms with van der Waals surface area (Å²) < 4.78 is 1.71. The lowest BCUT2D eigenvalue weighted by atomic mass is 9.85. The van der Waals surface area contributed by atoms with Crippen LogP contribution < -0.4 is 0 Å². The van der Waals surface area contributed by atoms with Gasteiger partial charge in [-0.3, -0.25) is 9.78 Å². The van der Waals surface area contributed by atoms with Crippen molar-refractivity contribution < 1.29 is 4.79 Å². The van der Waals surface area contributed by atoms with Crippen LogP contribution in [0.3, 0.4) is 0 Å². The second-order valence-corrected chi connectivity index (χ2v) is 6.56. The first-order valence-corrected chi connectivity index (χ1v) is 8.41. The number of rotatable bonds is 3. The van der Waals surface area contributed by atoms with Gasteiger partial charge in [-0.1, -0.05) is 24.1 Å².